The van der Waals surface area contributed by atoms with E-state index in [0.29, 0.717) is 31.7 Å². The molecule has 0 saturated carbocycles. The van der Waals surface area contributed by atoms with E-state index in [1.165, 1.54) is 13.0 Å². The Balaban J connectivity index is 1.90. The second-order valence-electron chi connectivity index (χ2n) is 6.39. The molecule has 2 N–H and O–H groups in total. The molecule has 27 heavy (non-hydrogen) atoms. The third kappa shape index (κ3) is 5.82. The smallest absolute Gasteiger partial charge is 0.325 e. The maximum Gasteiger partial charge on any atom is 0.325 e. The van der Waals surface area contributed by atoms with Gasteiger partial charge in [0, 0.05) is 35.1 Å². The number of carboxylic acid groups (broad SMARTS) is 1. The molecule has 1 aliphatic rings. The highest BCUT2D eigenvalue weighted by Gasteiger charge is 2.28. The summed E-state index contributed by atoms with van der Waals surface area (Å²) in [6, 6.07) is 4.62. The quantitative estimate of drug-likeness (QED) is 0.664. The number of nitrogens with zero attached hydrogens (tertiary/aromatic N) is 1. The van der Waals surface area contributed by atoms with E-state index in [1.807, 2.05) is 18.2 Å². The molecule has 8 heteroatoms. The van der Waals surface area contributed by atoms with Crippen LogP contribution in [0.2, 0.25) is 0 Å². The average Bonchev–Trinajstić information content (AvgIpc) is 2.66. The predicted octanol–water partition coefficient (Wildman–Crippen LogP) is 2.30. The van der Waals surface area contributed by atoms with Gasteiger partial charge in [-0.2, -0.15) is 0 Å². The van der Waals surface area contributed by atoms with Gasteiger partial charge < -0.3 is 20.1 Å². The molecule has 0 spiro atoms. The fourth-order valence-corrected chi connectivity index (χ4v) is 3.24. The van der Waals surface area contributed by atoms with Crippen LogP contribution in [0.25, 0.3) is 6.08 Å². The summed E-state index contributed by atoms with van der Waals surface area (Å²) < 4.78 is 6.17. The van der Waals surface area contributed by atoms with Gasteiger partial charge in [-0.3, -0.25) is 14.4 Å². The zero-order chi connectivity index (χ0) is 20.0. The van der Waals surface area contributed by atoms with Gasteiger partial charge in [-0.05, 0) is 44.0 Å². The number of hydrogen-bond donors (Lipinski definition) is 2. The van der Waals surface area contributed by atoms with Crippen molar-refractivity contribution in [3.05, 3.63) is 34.3 Å². The van der Waals surface area contributed by atoms with Gasteiger partial charge >= 0.3 is 5.97 Å². The number of ether oxygens (including phenoxy) is 1. The SMILES string of the molecule is COc1ccc(Br)cc1/C=C/C(=O)N1CCC(C(=O)NC(C)C(=O)O)CC1. The van der Waals surface area contributed by atoms with Crippen molar-refractivity contribution in [2.45, 2.75) is 25.8 Å². The van der Waals surface area contributed by atoms with Crippen molar-refractivity contribution in [2.75, 3.05) is 20.2 Å². The largest absolute Gasteiger partial charge is 0.496 e. The predicted molar refractivity (Wildman–Crippen MR) is 104 cm³/mol. The summed E-state index contributed by atoms with van der Waals surface area (Å²) in [6.45, 7) is 2.34. The van der Waals surface area contributed by atoms with E-state index in [1.54, 1.807) is 18.1 Å². The van der Waals surface area contributed by atoms with Crippen LogP contribution >= 0.6 is 15.9 Å². The molecule has 1 aromatic rings. The first-order valence-electron chi connectivity index (χ1n) is 8.65. The number of likely N-dealkylation sites (tertiary alicyclic amines) is 1. The summed E-state index contributed by atoms with van der Waals surface area (Å²) in [4.78, 5) is 37.0. The van der Waals surface area contributed by atoms with E-state index in [-0.39, 0.29) is 17.7 Å². The number of halogens is 1. The van der Waals surface area contributed by atoms with E-state index in [0.717, 1.165) is 10.0 Å². The number of amides is 2. The number of rotatable bonds is 6. The lowest BCUT2D eigenvalue weighted by Gasteiger charge is -2.31. The average molecular weight is 439 g/mol. The standard InChI is InChI=1S/C19H23BrN2O5/c1-12(19(25)26)21-18(24)13-7-9-22(10-8-13)17(23)6-3-14-11-15(20)4-5-16(14)27-2/h3-6,11-13H,7-10H2,1-2H3,(H,21,24)(H,25,26)/b6-3+. The van der Waals surface area contributed by atoms with Gasteiger partial charge in [0.15, 0.2) is 0 Å². The molecule has 0 radical (unpaired) electrons. The minimum atomic E-state index is -1.07. The van der Waals surface area contributed by atoms with Crippen molar-refractivity contribution in [3.63, 3.8) is 0 Å². The van der Waals surface area contributed by atoms with Crippen LogP contribution in [0, 0.1) is 5.92 Å². The highest BCUT2D eigenvalue weighted by Crippen LogP contribution is 2.24. The number of carbonyl (C=O) groups excluding carboxylic acids is 2. The molecule has 1 saturated heterocycles. The number of nitrogens with one attached hydrogen (secondary N) is 1. The Hall–Kier alpha value is -2.35. The molecule has 2 rings (SSSR count). The molecule has 1 aliphatic heterocycles. The summed E-state index contributed by atoms with van der Waals surface area (Å²) in [5, 5.41) is 11.3. The lowest BCUT2D eigenvalue weighted by Crippen LogP contribution is -2.46. The first-order chi connectivity index (χ1) is 12.8. The van der Waals surface area contributed by atoms with E-state index in [9.17, 15) is 14.4 Å². The van der Waals surface area contributed by atoms with Gasteiger partial charge in [-0.25, -0.2) is 0 Å². The van der Waals surface area contributed by atoms with Crippen molar-refractivity contribution >= 4 is 39.8 Å². The van der Waals surface area contributed by atoms with Crippen molar-refractivity contribution in [1.29, 1.82) is 0 Å². The third-order valence-electron chi connectivity index (χ3n) is 4.50. The Morgan fingerprint density at radius 2 is 2.00 bits per heavy atom. The molecule has 1 heterocycles. The Kier molecular flexibility index (Phi) is 7.41. The number of carboxylic acids is 1. The Morgan fingerprint density at radius 3 is 2.59 bits per heavy atom. The van der Waals surface area contributed by atoms with Crippen LogP contribution in [0.1, 0.15) is 25.3 Å². The van der Waals surface area contributed by atoms with Crippen LogP contribution in [0.3, 0.4) is 0 Å². The van der Waals surface area contributed by atoms with Gasteiger partial charge in [0.05, 0.1) is 7.11 Å². The maximum atomic E-state index is 12.4. The summed E-state index contributed by atoms with van der Waals surface area (Å²) in [5.41, 5.74) is 0.789. The first kappa shape index (κ1) is 21.0. The van der Waals surface area contributed by atoms with Crippen LogP contribution in [0.15, 0.2) is 28.7 Å². The molecule has 1 aromatic carbocycles. The Morgan fingerprint density at radius 1 is 1.33 bits per heavy atom. The van der Waals surface area contributed by atoms with Gasteiger partial charge in [0.1, 0.15) is 11.8 Å². The normalized spacial score (nSPS) is 16.2. The topological polar surface area (TPSA) is 95.9 Å². The molecule has 2 amide bonds. The van der Waals surface area contributed by atoms with E-state index < -0.39 is 12.0 Å². The van der Waals surface area contributed by atoms with Crippen molar-refractivity contribution in [2.24, 2.45) is 5.92 Å². The van der Waals surface area contributed by atoms with Crippen LogP contribution in [0.4, 0.5) is 0 Å². The van der Waals surface area contributed by atoms with E-state index in [4.69, 9.17) is 9.84 Å². The number of benzene rings is 1. The van der Waals surface area contributed by atoms with Gasteiger partial charge in [0.25, 0.3) is 0 Å². The molecular formula is C19H23BrN2O5. The van der Waals surface area contributed by atoms with Crippen LogP contribution in [-0.4, -0.2) is 54.0 Å². The van der Waals surface area contributed by atoms with Gasteiger partial charge in [-0.15, -0.1) is 0 Å². The van der Waals surface area contributed by atoms with Crippen LogP contribution in [-0.2, 0) is 14.4 Å². The number of piperidine rings is 1. The highest BCUT2D eigenvalue weighted by molar-refractivity contribution is 9.10. The molecule has 1 atom stereocenters. The van der Waals surface area contributed by atoms with E-state index >= 15 is 0 Å². The second-order valence-corrected chi connectivity index (χ2v) is 7.30. The zero-order valence-electron chi connectivity index (χ0n) is 15.3. The van der Waals surface area contributed by atoms with Crippen LogP contribution in [0.5, 0.6) is 5.75 Å². The summed E-state index contributed by atoms with van der Waals surface area (Å²) in [6.07, 6.45) is 4.23. The third-order valence-corrected chi connectivity index (χ3v) is 5.00. The Bertz CT molecular complexity index is 742. The van der Waals surface area contributed by atoms with Crippen molar-refractivity contribution < 1.29 is 24.2 Å². The van der Waals surface area contributed by atoms with Crippen molar-refractivity contribution in [3.8, 4) is 5.75 Å². The molecule has 1 unspecified atom stereocenters. The zero-order valence-corrected chi connectivity index (χ0v) is 16.9. The summed E-state index contributed by atoms with van der Waals surface area (Å²) in [5.74, 6) is -1.07. The minimum Gasteiger partial charge on any atom is -0.496 e. The maximum absolute atomic E-state index is 12.4. The number of aliphatic carboxylic acids is 1. The second kappa shape index (κ2) is 9.55. The molecule has 7 nitrogen and oxygen atoms in total. The fraction of sp³-hybridized carbons (Fsp3) is 0.421. The molecule has 146 valence electrons. The van der Waals surface area contributed by atoms with Gasteiger partial charge in [-0.1, -0.05) is 15.9 Å². The lowest BCUT2D eigenvalue weighted by atomic mass is 9.95. The fourth-order valence-electron chi connectivity index (χ4n) is 2.86. The number of methoxy groups -OCH3 is 1. The number of hydrogen-bond acceptors (Lipinski definition) is 4. The lowest BCUT2D eigenvalue weighted by molar-refractivity contribution is -0.142. The molecule has 1 fully saturated rings. The number of carbonyl (C=O) groups is 3. The minimum absolute atomic E-state index is 0.130. The molecule has 0 bridgehead atoms. The van der Waals surface area contributed by atoms with E-state index in [2.05, 4.69) is 21.2 Å². The highest BCUT2D eigenvalue weighted by atomic mass is 79.9. The molecule has 0 aromatic heterocycles. The van der Waals surface area contributed by atoms with Crippen LogP contribution < -0.4 is 10.1 Å². The van der Waals surface area contributed by atoms with Crippen molar-refractivity contribution in [1.82, 2.24) is 10.2 Å². The molecule has 0 aliphatic carbocycles. The summed E-state index contributed by atoms with van der Waals surface area (Å²) in [7, 11) is 1.57. The summed E-state index contributed by atoms with van der Waals surface area (Å²) >= 11 is 3.40. The first-order valence-corrected chi connectivity index (χ1v) is 9.44. The van der Waals surface area contributed by atoms with Gasteiger partial charge in [0.2, 0.25) is 11.8 Å². The monoisotopic (exact) mass is 438 g/mol. The Labute approximate surface area is 166 Å². The molecular weight excluding hydrogens is 416 g/mol.